The molecule has 0 saturated carbocycles. The summed E-state index contributed by atoms with van der Waals surface area (Å²) in [6.07, 6.45) is 0.576. The van der Waals surface area contributed by atoms with Crippen LogP contribution in [-0.4, -0.2) is 22.6 Å². The Kier molecular flexibility index (Phi) is 4.39. The Morgan fingerprint density at radius 3 is 2.70 bits per heavy atom. The molecule has 106 valence electrons. The molecule has 0 saturated heterocycles. The van der Waals surface area contributed by atoms with Gasteiger partial charge in [0.05, 0.1) is 11.1 Å². The zero-order valence-electron chi connectivity index (χ0n) is 11.6. The van der Waals surface area contributed by atoms with Gasteiger partial charge in [-0.1, -0.05) is 37.3 Å². The minimum absolute atomic E-state index is 0.376. The predicted octanol–water partition coefficient (Wildman–Crippen LogP) is 3.72. The molecule has 5 heteroatoms. The monoisotopic (exact) mass is 290 g/mol. The molecular weight excluding hydrogens is 272 g/mol. The number of benzene rings is 1. The summed E-state index contributed by atoms with van der Waals surface area (Å²) < 4.78 is 0. The van der Waals surface area contributed by atoms with Crippen molar-refractivity contribution >= 4 is 22.4 Å². The van der Waals surface area contributed by atoms with Crippen LogP contribution in [-0.2, 0) is 4.79 Å². The third-order valence-electron chi connectivity index (χ3n) is 3.50. The fraction of sp³-hybridized carbons (Fsp3) is 0.333. The van der Waals surface area contributed by atoms with Crippen LogP contribution in [0, 0.1) is 5.41 Å². The molecule has 0 radical (unpaired) electrons. The zero-order chi connectivity index (χ0) is 14.6. The lowest BCUT2D eigenvalue weighted by molar-refractivity contribution is -0.147. The van der Waals surface area contributed by atoms with Crippen LogP contribution in [0.1, 0.15) is 20.3 Å². The molecule has 1 unspecified atom stereocenters. The number of aliphatic carboxylic acids is 1. The number of hydrogen-bond donors (Lipinski definition) is 2. The van der Waals surface area contributed by atoms with E-state index >= 15 is 0 Å². The highest BCUT2D eigenvalue weighted by Gasteiger charge is 2.31. The summed E-state index contributed by atoms with van der Waals surface area (Å²) in [5, 5.41) is 15.1. The molecule has 0 aliphatic heterocycles. The maximum atomic E-state index is 11.2. The number of nitrogens with one attached hydrogen (secondary N) is 1. The van der Waals surface area contributed by atoms with E-state index in [1.165, 1.54) is 11.3 Å². The van der Waals surface area contributed by atoms with E-state index in [9.17, 15) is 9.90 Å². The third kappa shape index (κ3) is 3.17. The summed E-state index contributed by atoms with van der Waals surface area (Å²) >= 11 is 1.49. The first kappa shape index (κ1) is 14.5. The van der Waals surface area contributed by atoms with E-state index in [0.717, 1.165) is 16.4 Å². The van der Waals surface area contributed by atoms with Gasteiger partial charge in [-0.05, 0) is 13.3 Å². The highest BCUT2D eigenvalue weighted by molar-refractivity contribution is 7.14. The second-order valence-electron chi connectivity index (χ2n) is 4.98. The van der Waals surface area contributed by atoms with Crippen LogP contribution in [0.5, 0.6) is 0 Å². The molecule has 2 rings (SSSR count). The van der Waals surface area contributed by atoms with E-state index in [1.54, 1.807) is 6.92 Å². The molecule has 0 spiro atoms. The highest BCUT2D eigenvalue weighted by Crippen LogP contribution is 2.27. The smallest absolute Gasteiger partial charge is 0.311 e. The fourth-order valence-corrected chi connectivity index (χ4v) is 2.44. The Morgan fingerprint density at radius 2 is 2.10 bits per heavy atom. The SMILES string of the molecule is CCC(C)(CNc1nc(-c2ccccc2)cs1)C(=O)O. The Hall–Kier alpha value is -1.88. The van der Waals surface area contributed by atoms with E-state index in [1.807, 2.05) is 42.6 Å². The van der Waals surface area contributed by atoms with Crippen LogP contribution in [0.3, 0.4) is 0 Å². The molecule has 0 bridgehead atoms. The molecular formula is C15H18N2O2S. The summed E-state index contributed by atoms with van der Waals surface area (Å²) in [5.74, 6) is -0.785. The molecule has 1 aromatic heterocycles. The third-order valence-corrected chi connectivity index (χ3v) is 4.30. The van der Waals surface area contributed by atoms with Gasteiger partial charge in [0.2, 0.25) is 0 Å². The van der Waals surface area contributed by atoms with Crippen molar-refractivity contribution in [2.75, 3.05) is 11.9 Å². The lowest BCUT2D eigenvalue weighted by Gasteiger charge is -2.22. The van der Waals surface area contributed by atoms with Crippen molar-refractivity contribution in [3.8, 4) is 11.3 Å². The summed E-state index contributed by atoms with van der Waals surface area (Å²) in [6.45, 7) is 4.00. The number of carboxylic acid groups (broad SMARTS) is 1. The van der Waals surface area contributed by atoms with Gasteiger partial charge in [-0.15, -0.1) is 11.3 Å². The van der Waals surface area contributed by atoms with Gasteiger partial charge in [-0.2, -0.15) is 0 Å². The molecule has 20 heavy (non-hydrogen) atoms. The number of hydrogen-bond acceptors (Lipinski definition) is 4. The molecule has 1 atom stereocenters. The van der Waals surface area contributed by atoms with Gasteiger partial charge < -0.3 is 10.4 Å². The fourth-order valence-electron chi connectivity index (χ4n) is 1.72. The van der Waals surface area contributed by atoms with Crippen molar-refractivity contribution in [3.05, 3.63) is 35.7 Å². The standard InChI is InChI=1S/C15H18N2O2S/c1-3-15(2,13(18)19)10-16-14-17-12(9-20-14)11-7-5-4-6-8-11/h4-9H,3,10H2,1-2H3,(H,16,17)(H,18,19). The molecule has 4 nitrogen and oxygen atoms in total. The summed E-state index contributed by atoms with van der Waals surface area (Å²) in [7, 11) is 0. The molecule has 2 N–H and O–H groups in total. The normalized spacial score (nSPS) is 13.7. The summed E-state index contributed by atoms with van der Waals surface area (Å²) in [6, 6.07) is 9.92. The lowest BCUT2D eigenvalue weighted by atomic mass is 9.88. The number of nitrogens with zero attached hydrogens (tertiary/aromatic N) is 1. The largest absolute Gasteiger partial charge is 0.481 e. The van der Waals surface area contributed by atoms with Gasteiger partial charge in [0.1, 0.15) is 0 Å². The Balaban J connectivity index is 2.06. The number of carboxylic acids is 1. The molecule has 1 aromatic carbocycles. The highest BCUT2D eigenvalue weighted by atomic mass is 32.1. The first-order valence-electron chi connectivity index (χ1n) is 6.53. The molecule has 0 amide bonds. The molecule has 0 aliphatic rings. The van der Waals surface area contributed by atoms with E-state index in [0.29, 0.717) is 13.0 Å². The minimum atomic E-state index is -0.785. The van der Waals surface area contributed by atoms with Crippen molar-refractivity contribution in [2.45, 2.75) is 20.3 Å². The predicted molar refractivity (Wildman–Crippen MR) is 82.1 cm³/mol. The lowest BCUT2D eigenvalue weighted by Crippen LogP contribution is -2.34. The van der Waals surface area contributed by atoms with Crippen LogP contribution >= 0.6 is 11.3 Å². The van der Waals surface area contributed by atoms with Crippen LogP contribution in [0.15, 0.2) is 35.7 Å². The number of carbonyl (C=O) groups is 1. The van der Waals surface area contributed by atoms with Gasteiger partial charge in [0, 0.05) is 17.5 Å². The molecule has 1 heterocycles. The van der Waals surface area contributed by atoms with E-state index in [2.05, 4.69) is 10.3 Å². The average molecular weight is 290 g/mol. The number of aromatic nitrogens is 1. The van der Waals surface area contributed by atoms with Gasteiger partial charge in [0.25, 0.3) is 0 Å². The molecule has 2 aromatic rings. The van der Waals surface area contributed by atoms with Crippen LogP contribution in [0.2, 0.25) is 0 Å². The van der Waals surface area contributed by atoms with Gasteiger partial charge in [-0.3, -0.25) is 4.79 Å². The quantitative estimate of drug-likeness (QED) is 0.851. The second kappa shape index (κ2) is 6.05. The Bertz CT molecular complexity index is 583. The maximum Gasteiger partial charge on any atom is 0.311 e. The maximum absolute atomic E-state index is 11.2. The Morgan fingerprint density at radius 1 is 1.40 bits per heavy atom. The van der Waals surface area contributed by atoms with Crippen LogP contribution in [0.25, 0.3) is 11.3 Å². The van der Waals surface area contributed by atoms with Crippen LogP contribution < -0.4 is 5.32 Å². The summed E-state index contributed by atoms with van der Waals surface area (Å²) in [4.78, 5) is 15.7. The minimum Gasteiger partial charge on any atom is -0.481 e. The van der Waals surface area contributed by atoms with Gasteiger partial charge in [0.15, 0.2) is 5.13 Å². The van der Waals surface area contributed by atoms with Crippen molar-refractivity contribution in [2.24, 2.45) is 5.41 Å². The topological polar surface area (TPSA) is 62.2 Å². The molecule has 0 fully saturated rings. The number of thiazole rings is 1. The second-order valence-corrected chi connectivity index (χ2v) is 5.83. The Labute approximate surface area is 122 Å². The number of rotatable bonds is 6. The first-order chi connectivity index (χ1) is 9.55. The van der Waals surface area contributed by atoms with Crippen LogP contribution in [0.4, 0.5) is 5.13 Å². The first-order valence-corrected chi connectivity index (χ1v) is 7.41. The van der Waals surface area contributed by atoms with Crippen molar-refractivity contribution in [1.82, 2.24) is 4.98 Å². The van der Waals surface area contributed by atoms with Gasteiger partial charge in [-0.25, -0.2) is 4.98 Å². The van der Waals surface area contributed by atoms with Crippen molar-refractivity contribution in [1.29, 1.82) is 0 Å². The van der Waals surface area contributed by atoms with E-state index in [4.69, 9.17) is 0 Å². The van der Waals surface area contributed by atoms with Gasteiger partial charge >= 0.3 is 5.97 Å². The van der Waals surface area contributed by atoms with E-state index in [-0.39, 0.29) is 0 Å². The van der Waals surface area contributed by atoms with Crippen molar-refractivity contribution < 1.29 is 9.90 Å². The summed E-state index contributed by atoms with van der Waals surface area (Å²) in [5.41, 5.74) is 1.21. The average Bonchev–Trinajstić information content (AvgIpc) is 2.94. The molecule has 0 aliphatic carbocycles. The zero-order valence-corrected chi connectivity index (χ0v) is 12.4. The van der Waals surface area contributed by atoms with E-state index < -0.39 is 11.4 Å². The van der Waals surface area contributed by atoms with Crippen molar-refractivity contribution in [3.63, 3.8) is 0 Å². The number of anilines is 1.